The van der Waals surface area contributed by atoms with Gasteiger partial charge in [0.1, 0.15) is 22.8 Å². The van der Waals surface area contributed by atoms with Crippen molar-refractivity contribution in [2.45, 2.75) is 43.8 Å². The van der Waals surface area contributed by atoms with Gasteiger partial charge in [0.05, 0.1) is 11.7 Å². The zero-order chi connectivity index (χ0) is 25.9. The average Bonchev–Trinajstić information content (AvgIpc) is 2.84. The molecule has 2 aromatic rings. The lowest BCUT2D eigenvalue weighted by atomic mass is 9.55. The third-order valence-corrected chi connectivity index (χ3v) is 7.86. The minimum Gasteiger partial charge on any atom is -0.508 e. The van der Waals surface area contributed by atoms with Gasteiger partial charge in [0.15, 0.2) is 17.2 Å². The van der Waals surface area contributed by atoms with Crippen molar-refractivity contribution in [2.75, 3.05) is 0 Å². The molecule has 0 bridgehead atoms. The van der Waals surface area contributed by atoms with Crippen LogP contribution in [0.4, 0.5) is 0 Å². The van der Waals surface area contributed by atoms with Gasteiger partial charge >= 0.3 is 0 Å². The number of allylic oxidation sites excluding steroid dienone is 1. The molecule has 5 N–H and O–H groups in total. The summed E-state index contributed by atoms with van der Waals surface area (Å²) in [7, 11) is 0. The largest absolute Gasteiger partial charge is 0.508 e. The fraction of sp³-hybridized carbons (Fsp3) is 0.321. The molecule has 0 heterocycles. The van der Waals surface area contributed by atoms with E-state index in [4.69, 9.17) is 0 Å². The van der Waals surface area contributed by atoms with E-state index in [0.29, 0.717) is 18.4 Å². The van der Waals surface area contributed by atoms with E-state index in [1.807, 2.05) is 30.3 Å². The predicted octanol–water partition coefficient (Wildman–Crippen LogP) is 2.67. The molecule has 5 atom stereocenters. The van der Waals surface area contributed by atoms with Crippen molar-refractivity contribution in [1.29, 1.82) is 0 Å². The van der Waals surface area contributed by atoms with Gasteiger partial charge in [-0.05, 0) is 42.9 Å². The lowest BCUT2D eigenvalue weighted by Crippen LogP contribution is -2.63. The van der Waals surface area contributed by atoms with Crippen LogP contribution >= 0.6 is 0 Å². The highest BCUT2D eigenvalue weighted by Crippen LogP contribution is 2.56. The maximum absolute atomic E-state index is 13.8. The molecular formula is C28H26O8. The number of rotatable bonds is 4. The lowest BCUT2D eigenvalue weighted by Gasteiger charge is -2.51. The Hall–Kier alpha value is -3.75. The van der Waals surface area contributed by atoms with Gasteiger partial charge in [-0.15, -0.1) is 0 Å². The van der Waals surface area contributed by atoms with E-state index in [9.17, 15) is 39.9 Å². The van der Waals surface area contributed by atoms with Crippen LogP contribution in [0.3, 0.4) is 0 Å². The molecule has 8 nitrogen and oxygen atoms in total. The molecule has 0 aliphatic heterocycles. The summed E-state index contributed by atoms with van der Waals surface area (Å²) in [6.45, 7) is 1.03. The minimum absolute atomic E-state index is 0.0200. The van der Waals surface area contributed by atoms with Gasteiger partial charge in [-0.1, -0.05) is 42.5 Å². The number of phenolic OH excluding ortho intramolecular Hbond substituents is 1. The van der Waals surface area contributed by atoms with Gasteiger partial charge in [0.2, 0.25) is 5.78 Å². The summed E-state index contributed by atoms with van der Waals surface area (Å²) in [5.41, 5.74) is -2.23. The second-order valence-corrected chi connectivity index (χ2v) is 9.76. The van der Waals surface area contributed by atoms with E-state index < -0.39 is 70.3 Å². The molecular weight excluding hydrogens is 464 g/mol. The molecule has 3 aliphatic carbocycles. The number of aliphatic hydroxyl groups is 4. The average molecular weight is 491 g/mol. The highest BCUT2D eigenvalue weighted by molar-refractivity contribution is 6.23. The number of phenols is 1. The van der Waals surface area contributed by atoms with Gasteiger partial charge in [0, 0.05) is 23.8 Å². The number of aryl methyl sites for hydroxylation is 1. The molecule has 186 valence electrons. The third kappa shape index (κ3) is 3.25. The van der Waals surface area contributed by atoms with E-state index in [2.05, 4.69) is 0 Å². The molecule has 0 spiro atoms. The number of hydrogen-bond acceptors (Lipinski definition) is 8. The second kappa shape index (κ2) is 8.43. The minimum atomic E-state index is -2.76. The summed E-state index contributed by atoms with van der Waals surface area (Å²) in [6, 6.07) is 14.2. The highest BCUT2D eigenvalue weighted by Gasteiger charge is 2.65. The first kappa shape index (κ1) is 24.0. The first-order valence-electron chi connectivity index (χ1n) is 11.8. The number of fused-ring (bicyclic) bond motifs is 3. The van der Waals surface area contributed by atoms with Crippen LogP contribution in [0.1, 0.15) is 42.4 Å². The predicted molar refractivity (Wildman–Crippen MR) is 128 cm³/mol. The maximum Gasteiger partial charge on any atom is 0.202 e. The van der Waals surface area contributed by atoms with Crippen LogP contribution in [-0.4, -0.2) is 54.6 Å². The quantitative estimate of drug-likeness (QED) is 0.410. The monoisotopic (exact) mass is 490 g/mol. The topological polar surface area (TPSA) is 152 Å². The van der Waals surface area contributed by atoms with E-state index >= 15 is 0 Å². The van der Waals surface area contributed by atoms with E-state index in [1.54, 1.807) is 12.1 Å². The second-order valence-electron chi connectivity index (χ2n) is 9.76. The Morgan fingerprint density at radius 3 is 2.39 bits per heavy atom. The van der Waals surface area contributed by atoms with Gasteiger partial charge < -0.3 is 25.5 Å². The third-order valence-electron chi connectivity index (χ3n) is 7.86. The van der Waals surface area contributed by atoms with E-state index in [-0.39, 0.29) is 16.9 Å². The molecule has 2 aromatic carbocycles. The van der Waals surface area contributed by atoms with Crippen LogP contribution in [0, 0.1) is 11.8 Å². The van der Waals surface area contributed by atoms with Crippen molar-refractivity contribution >= 4 is 23.1 Å². The van der Waals surface area contributed by atoms with Crippen molar-refractivity contribution in [3.8, 4) is 5.75 Å². The summed E-state index contributed by atoms with van der Waals surface area (Å²) in [6.07, 6.45) is -1.06. The van der Waals surface area contributed by atoms with Crippen molar-refractivity contribution in [3.63, 3.8) is 0 Å². The van der Waals surface area contributed by atoms with Crippen molar-refractivity contribution in [1.82, 2.24) is 0 Å². The van der Waals surface area contributed by atoms with Gasteiger partial charge in [-0.25, -0.2) is 0 Å². The highest BCUT2D eigenvalue weighted by atomic mass is 16.4. The Morgan fingerprint density at radius 1 is 1.03 bits per heavy atom. The van der Waals surface area contributed by atoms with E-state index in [0.717, 1.165) is 12.5 Å². The number of ketones is 3. The smallest absolute Gasteiger partial charge is 0.202 e. The maximum atomic E-state index is 13.8. The molecule has 0 amide bonds. The van der Waals surface area contributed by atoms with Crippen LogP contribution in [0.25, 0.3) is 5.76 Å². The standard InChI is InChI=1S/C28H26O8/c1-13(29)20-19(31)12-17-24(32)22-16(11-10-14-6-3-2-4-7-14)15-8-5-9-18(30)21(15)25(33)23(22)27(35)28(17,36)26(20)34/h2-9,16-17,22,24,30,32-34,36H,10-12H2,1H3. The Morgan fingerprint density at radius 2 is 1.72 bits per heavy atom. The molecule has 5 unspecified atom stereocenters. The molecule has 0 saturated heterocycles. The normalized spacial score (nSPS) is 29.5. The van der Waals surface area contributed by atoms with Crippen LogP contribution in [0.2, 0.25) is 0 Å². The van der Waals surface area contributed by atoms with Crippen molar-refractivity contribution < 1.29 is 39.9 Å². The summed E-state index contributed by atoms with van der Waals surface area (Å²) < 4.78 is 0. The molecule has 36 heavy (non-hydrogen) atoms. The Bertz CT molecular complexity index is 1350. The fourth-order valence-electron chi connectivity index (χ4n) is 6.19. The van der Waals surface area contributed by atoms with Crippen LogP contribution in [0.5, 0.6) is 5.75 Å². The van der Waals surface area contributed by atoms with Crippen LogP contribution < -0.4 is 0 Å². The SMILES string of the molecule is CC(=O)C1=C(O)C2(O)C(=O)C3=C(O)c4c(O)cccc4C(CCc4ccccc4)C3C(O)C2CC1=O. The number of aliphatic hydroxyl groups excluding tert-OH is 3. The number of Topliss-reactive ketones (excluding diaryl/α,β-unsaturated/α-hetero) is 3. The Labute approximate surface area is 206 Å². The molecule has 1 saturated carbocycles. The lowest BCUT2D eigenvalue weighted by molar-refractivity contribution is -0.161. The van der Waals surface area contributed by atoms with Crippen LogP contribution in [-0.2, 0) is 20.8 Å². The van der Waals surface area contributed by atoms with Crippen molar-refractivity contribution in [2.24, 2.45) is 11.8 Å². The van der Waals surface area contributed by atoms with E-state index in [1.165, 1.54) is 6.07 Å². The first-order valence-corrected chi connectivity index (χ1v) is 11.8. The Kier molecular flexibility index (Phi) is 5.61. The molecule has 8 heteroatoms. The summed E-state index contributed by atoms with van der Waals surface area (Å²) in [5, 5.41) is 55.6. The summed E-state index contributed by atoms with van der Waals surface area (Å²) in [5.74, 6) is -7.66. The number of benzene rings is 2. The van der Waals surface area contributed by atoms with Gasteiger partial charge in [-0.3, -0.25) is 14.4 Å². The Balaban J connectivity index is 1.70. The molecule has 0 aromatic heterocycles. The number of carbonyl (C=O) groups is 3. The molecule has 1 fully saturated rings. The van der Waals surface area contributed by atoms with Crippen molar-refractivity contribution in [3.05, 3.63) is 82.1 Å². The first-order chi connectivity index (χ1) is 17.1. The number of aromatic hydroxyl groups is 1. The fourth-order valence-corrected chi connectivity index (χ4v) is 6.19. The molecule has 5 rings (SSSR count). The zero-order valence-corrected chi connectivity index (χ0v) is 19.5. The van der Waals surface area contributed by atoms with Gasteiger partial charge in [-0.2, -0.15) is 0 Å². The number of hydrogen-bond donors (Lipinski definition) is 5. The molecule has 0 radical (unpaired) electrons. The van der Waals surface area contributed by atoms with Crippen LogP contribution in [0.15, 0.2) is 65.4 Å². The summed E-state index contributed by atoms with van der Waals surface area (Å²) in [4.78, 5) is 38.5. The zero-order valence-electron chi connectivity index (χ0n) is 19.5. The number of carbonyl (C=O) groups excluding carboxylic acids is 3. The summed E-state index contributed by atoms with van der Waals surface area (Å²) >= 11 is 0. The molecule has 3 aliphatic rings. The van der Waals surface area contributed by atoms with Gasteiger partial charge in [0.25, 0.3) is 0 Å².